The molecule has 1 amide bonds. The predicted molar refractivity (Wildman–Crippen MR) is 133 cm³/mol. The highest BCUT2D eigenvalue weighted by atomic mass is 16.5. The zero-order valence-electron chi connectivity index (χ0n) is 20.2. The lowest BCUT2D eigenvalue weighted by Crippen LogP contribution is -2.36. The van der Waals surface area contributed by atoms with Gasteiger partial charge in [0.1, 0.15) is 17.8 Å². The van der Waals surface area contributed by atoms with E-state index in [1.54, 1.807) is 25.6 Å². The summed E-state index contributed by atoms with van der Waals surface area (Å²) in [7, 11) is 1.59. The molecule has 1 saturated heterocycles. The standard InChI is InChI=1S/C25H31N7O3/c1-16-23-21(29-15-28-16)13-18(32-9-11-34-12-10-32)14-22(23)35-19-5-3-17(4-6-19)30-25-27-8-7-20(31-25)24(33)26-2/h7-8,13-15,17,19H,3-6,9-12H2,1-2H3,(H,26,33)(H,27,30,31). The van der Waals surface area contributed by atoms with Crippen LogP contribution in [0.2, 0.25) is 0 Å². The Hall–Kier alpha value is -3.53. The van der Waals surface area contributed by atoms with Crippen molar-refractivity contribution in [3.63, 3.8) is 0 Å². The number of hydrogen-bond donors (Lipinski definition) is 2. The maximum absolute atomic E-state index is 11.9. The van der Waals surface area contributed by atoms with E-state index in [0.29, 0.717) is 11.6 Å². The molecule has 0 radical (unpaired) electrons. The summed E-state index contributed by atoms with van der Waals surface area (Å²) in [6, 6.07) is 6.09. The van der Waals surface area contributed by atoms with Gasteiger partial charge in [-0.05, 0) is 44.7 Å². The zero-order chi connectivity index (χ0) is 24.2. The number of hydrogen-bond acceptors (Lipinski definition) is 9. The Morgan fingerprint density at radius 1 is 1.11 bits per heavy atom. The van der Waals surface area contributed by atoms with E-state index in [9.17, 15) is 4.79 Å². The lowest BCUT2D eigenvalue weighted by atomic mass is 9.93. The van der Waals surface area contributed by atoms with E-state index in [1.807, 2.05) is 6.92 Å². The number of rotatable bonds is 6. The maximum atomic E-state index is 11.9. The summed E-state index contributed by atoms with van der Waals surface area (Å²) in [6.07, 6.45) is 6.98. The van der Waals surface area contributed by atoms with Crippen LogP contribution in [0.5, 0.6) is 5.75 Å². The highest BCUT2D eigenvalue weighted by Crippen LogP contribution is 2.35. The lowest BCUT2D eigenvalue weighted by molar-refractivity contribution is 0.0958. The van der Waals surface area contributed by atoms with Gasteiger partial charge in [0.15, 0.2) is 0 Å². The van der Waals surface area contributed by atoms with Crippen molar-refractivity contribution in [3.05, 3.63) is 42.1 Å². The number of anilines is 2. The van der Waals surface area contributed by atoms with Crippen LogP contribution >= 0.6 is 0 Å². The van der Waals surface area contributed by atoms with Gasteiger partial charge in [0.25, 0.3) is 5.91 Å². The van der Waals surface area contributed by atoms with Crippen LogP contribution in [-0.2, 0) is 4.74 Å². The van der Waals surface area contributed by atoms with Crippen LogP contribution in [0.3, 0.4) is 0 Å². The fourth-order valence-electron chi connectivity index (χ4n) is 4.76. The molecule has 1 aliphatic carbocycles. The SMILES string of the molecule is CNC(=O)c1ccnc(NC2CCC(Oc3cc(N4CCOCC4)cc4ncnc(C)c34)CC2)n1. The molecule has 0 unspecified atom stereocenters. The number of nitrogens with zero attached hydrogens (tertiary/aromatic N) is 5. The molecule has 1 saturated carbocycles. The van der Waals surface area contributed by atoms with Crippen LogP contribution in [0.4, 0.5) is 11.6 Å². The van der Waals surface area contributed by atoms with Gasteiger partial charge in [-0.25, -0.2) is 19.9 Å². The molecule has 10 heteroatoms. The van der Waals surface area contributed by atoms with E-state index in [0.717, 1.165) is 80.0 Å². The van der Waals surface area contributed by atoms with E-state index in [1.165, 1.54) is 0 Å². The van der Waals surface area contributed by atoms with Crippen molar-refractivity contribution < 1.29 is 14.3 Å². The monoisotopic (exact) mass is 477 g/mol. The number of ether oxygens (including phenoxy) is 2. The van der Waals surface area contributed by atoms with Gasteiger partial charge in [0, 0.05) is 44.1 Å². The maximum Gasteiger partial charge on any atom is 0.269 e. The Balaban J connectivity index is 1.28. The summed E-state index contributed by atoms with van der Waals surface area (Å²) in [5, 5.41) is 6.95. The normalized spacial score (nSPS) is 20.5. The molecule has 5 rings (SSSR count). The molecule has 0 bridgehead atoms. The number of carbonyl (C=O) groups is 1. The van der Waals surface area contributed by atoms with Crippen molar-refractivity contribution in [1.29, 1.82) is 0 Å². The third kappa shape index (κ3) is 5.27. The van der Waals surface area contributed by atoms with Gasteiger partial charge in [-0.2, -0.15) is 0 Å². The molecular weight excluding hydrogens is 446 g/mol. The third-order valence-corrected chi connectivity index (χ3v) is 6.67. The number of nitrogens with one attached hydrogen (secondary N) is 2. The molecule has 2 N–H and O–H groups in total. The smallest absolute Gasteiger partial charge is 0.269 e. The molecule has 1 aliphatic heterocycles. The van der Waals surface area contributed by atoms with Gasteiger partial charge in [-0.3, -0.25) is 4.79 Å². The van der Waals surface area contributed by atoms with Crippen LogP contribution in [-0.4, -0.2) is 71.3 Å². The average Bonchev–Trinajstić information content (AvgIpc) is 2.90. The highest BCUT2D eigenvalue weighted by Gasteiger charge is 2.25. The van der Waals surface area contributed by atoms with Crippen molar-refractivity contribution in [1.82, 2.24) is 25.3 Å². The number of fused-ring (bicyclic) bond motifs is 1. The second-order valence-corrected chi connectivity index (χ2v) is 8.98. The first kappa shape index (κ1) is 23.2. The molecule has 184 valence electrons. The Morgan fingerprint density at radius 2 is 1.91 bits per heavy atom. The third-order valence-electron chi connectivity index (χ3n) is 6.67. The van der Waals surface area contributed by atoms with Crippen molar-refractivity contribution in [2.45, 2.75) is 44.8 Å². The Kier molecular flexibility index (Phi) is 6.89. The minimum atomic E-state index is -0.224. The molecule has 2 aromatic heterocycles. The molecule has 3 heterocycles. The van der Waals surface area contributed by atoms with Crippen molar-refractivity contribution >= 4 is 28.4 Å². The van der Waals surface area contributed by atoms with Gasteiger partial charge < -0.3 is 25.0 Å². The first-order chi connectivity index (χ1) is 17.1. The number of benzene rings is 1. The number of aryl methyl sites for hydroxylation is 1. The molecule has 2 aliphatic rings. The van der Waals surface area contributed by atoms with E-state index in [4.69, 9.17) is 9.47 Å². The molecule has 0 atom stereocenters. The molecule has 2 fully saturated rings. The number of carbonyl (C=O) groups excluding carboxylic acids is 1. The van der Waals surface area contributed by atoms with Gasteiger partial charge in [-0.15, -0.1) is 0 Å². The van der Waals surface area contributed by atoms with E-state index in [2.05, 4.69) is 47.6 Å². The minimum Gasteiger partial charge on any atom is -0.490 e. The summed E-state index contributed by atoms with van der Waals surface area (Å²) in [6.45, 7) is 5.16. The quantitative estimate of drug-likeness (QED) is 0.553. The van der Waals surface area contributed by atoms with Gasteiger partial charge >= 0.3 is 0 Å². The van der Waals surface area contributed by atoms with Crippen LogP contribution in [0.15, 0.2) is 30.7 Å². The van der Waals surface area contributed by atoms with Crippen LogP contribution in [0, 0.1) is 6.92 Å². The molecule has 35 heavy (non-hydrogen) atoms. The summed E-state index contributed by atoms with van der Waals surface area (Å²) >= 11 is 0. The fraction of sp³-hybridized carbons (Fsp3) is 0.480. The van der Waals surface area contributed by atoms with Crippen LogP contribution < -0.4 is 20.3 Å². The second kappa shape index (κ2) is 10.4. The highest BCUT2D eigenvalue weighted by molar-refractivity contribution is 5.92. The van der Waals surface area contributed by atoms with E-state index in [-0.39, 0.29) is 18.1 Å². The summed E-state index contributed by atoms with van der Waals surface area (Å²) in [5.41, 5.74) is 3.28. The zero-order valence-corrected chi connectivity index (χ0v) is 20.2. The first-order valence-corrected chi connectivity index (χ1v) is 12.2. The summed E-state index contributed by atoms with van der Waals surface area (Å²) in [5.74, 6) is 1.10. The molecular formula is C25H31N7O3. The van der Waals surface area contributed by atoms with E-state index >= 15 is 0 Å². The van der Waals surface area contributed by atoms with Crippen molar-refractivity contribution in [3.8, 4) is 5.75 Å². The number of aromatic nitrogens is 4. The predicted octanol–water partition coefficient (Wildman–Crippen LogP) is 2.73. The Bertz CT molecular complexity index is 1190. The van der Waals surface area contributed by atoms with E-state index < -0.39 is 0 Å². The van der Waals surface area contributed by atoms with Gasteiger partial charge in [-0.1, -0.05) is 0 Å². The molecule has 0 spiro atoms. The van der Waals surface area contributed by atoms with Gasteiger partial charge in [0.2, 0.25) is 5.95 Å². The Morgan fingerprint density at radius 3 is 2.69 bits per heavy atom. The molecule has 3 aromatic rings. The average molecular weight is 478 g/mol. The number of morpholine rings is 1. The molecule has 1 aromatic carbocycles. The van der Waals surface area contributed by atoms with Crippen molar-refractivity contribution in [2.75, 3.05) is 43.6 Å². The second-order valence-electron chi connectivity index (χ2n) is 8.98. The fourth-order valence-corrected chi connectivity index (χ4v) is 4.76. The lowest BCUT2D eigenvalue weighted by Gasteiger charge is -2.31. The first-order valence-electron chi connectivity index (χ1n) is 12.2. The van der Waals surface area contributed by atoms with Gasteiger partial charge in [0.05, 0.1) is 35.9 Å². The minimum absolute atomic E-state index is 0.105. The van der Waals surface area contributed by atoms with Crippen molar-refractivity contribution in [2.24, 2.45) is 0 Å². The topological polar surface area (TPSA) is 114 Å². The van der Waals surface area contributed by atoms with Crippen LogP contribution in [0.25, 0.3) is 10.9 Å². The van der Waals surface area contributed by atoms with Crippen LogP contribution in [0.1, 0.15) is 41.9 Å². The molecule has 10 nitrogen and oxygen atoms in total. The summed E-state index contributed by atoms with van der Waals surface area (Å²) in [4.78, 5) is 31.7. The number of amides is 1. The Labute approximate surface area is 204 Å². The largest absolute Gasteiger partial charge is 0.490 e. The summed E-state index contributed by atoms with van der Waals surface area (Å²) < 4.78 is 12.1.